The molecule has 12 heavy (non-hydrogen) atoms. The molecule has 1 aromatic rings. The van der Waals surface area contributed by atoms with Gasteiger partial charge in [0.25, 0.3) is 0 Å². The molecule has 0 unspecified atom stereocenters. The zero-order chi connectivity index (χ0) is 8.48. The minimum atomic E-state index is -4.15. The summed E-state index contributed by atoms with van der Waals surface area (Å²) in [5.41, 5.74) is 0. The van der Waals surface area contributed by atoms with Gasteiger partial charge in [-0.05, 0) is 24.3 Å². The van der Waals surface area contributed by atoms with E-state index in [2.05, 4.69) is 0 Å². The van der Waals surface area contributed by atoms with Crippen molar-refractivity contribution in [3.63, 3.8) is 0 Å². The van der Waals surface area contributed by atoms with Gasteiger partial charge in [0, 0.05) is 0 Å². The molecule has 0 fully saturated rings. The summed E-state index contributed by atoms with van der Waals surface area (Å²) in [5.74, 6) is -0.0119. The molecule has 0 aliphatic heterocycles. The van der Waals surface area contributed by atoms with E-state index >= 15 is 0 Å². The maximum Gasteiger partial charge on any atom is 1.00 e. The van der Waals surface area contributed by atoms with Gasteiger partial charge in [0.1, 0.15) is 5.75 Å². The van der Waals surface area contributed by atoms with E-state index in [1.807, 2.05) is 0 Å². The van der Waals surface area contributed by atoms with Crippen LogP contribution < -0.4 is 34.9 Å². The topological polar surface area (TPSA) is 77.8 Å². The fourth-order valence-electron chi connectivity index (χ4n) is 0.647. The van der Waals surface area contributed by atoms with E-state index in [0.29, 0.717) is 0 Å². The molecule has 0 atom stereocenters. The zero-order valence-electron chi connectivity index (χ0n) is 7.51. The third-order valence-electron chi connectivity index (χ3n) is 1.19. The van der Waals surface area contributed by atoms with Gasteiger partial charge < -0.3 is 16.3 Å². The predicted octanol–water partition coefficient (Wildman–Crippen LogP) is -2.69. The first-order chi connectivity index (χ1) is 5.00. The molecule has 0 aliphatic rings. The van der Waals surface area contributed by atoms with Crippen molar-refractivity contribution in [2.45, 2.75) is 0 Å². The first-order valence-corrected chi connectivity index (χ1v) is 4.46. The van der Waals surface area contributed by atoms with Crippen molar-refractivity contribution in [3.05, 3.63) is 24.3 Å². The van der Waals surface area contributed by atoms with Crippen LogP contribution in [0.2, 0.25) is 0 Å². The van der Waals surface area contributed by atoms with Crippen molar-refractivity contribution in [2.24, 2.45) is 0 Å². The van der Waals surface area contributed by atoms with Crippen molar-refractivity contribution in [2.75, 3.05) is 0 Å². The molecule has 3 N–H and O–H groups in total. The van der Waals surface area contributed by atoms with Gasteiger partial charge in [-0.2, -0.15) is 0 Å². The molecule has 0 radical (unpaired) electrons. The summed E-state index contributed by atoms with van der Waals surface area (Å²) in [6.07, 6.45) is 0. The van der Waals surface area contributed by atoms with Gasteiger partial charge in [0.15, 0.2) is 0 Å². The van der Waals surface area contributed by atoms with Crippen molar-refractivity contribution < 1.29 is 50.4 Å². The second-order valence-corrected chi connectivity index (χ2v) is 3.66. The summed E-state index contributed by atoms with van der Waals surface area (Å²) in [6.45, 7) is 0. The summed E-state index contributed by atoms with van der Waals surface area (Å²) < 4.78 is 10.6. The molecule has 6 heteroatoms. The van der Waals surface area contributed by atoms with E-state index in [-0.39, 0.29) is 42.0 Å². The minimum Gasteiger partial charge on any atom is -1.00 e. The van der Waals surface area contributed by atoms with Crippen LogP contribution in [0.4, 0.5) is 0 Å². The normalized spacial score (nSPS) is 10.5. The molecule has 1 aromatic carbocycles. The molecule has 4 nitrogen and oxygen atoms in total. The Balaban J connectivity index is 0. The van der Waals surface area contributed by atoms with Crippen LogP contribution in [0, 0.1) is 0 Å². The van der Waals surface area contributed by atoms with Gasteiger partial charge in [-0.1, -0.05) is 0 Å². The number of aromatic hydroxyl groups is 1. The molecule has 0 amide bonds. The van der Waals surface area contributed by atoms with Crippen LogP contribution >= 0.6 is 7.60 Å². The van der Waals surface area contributed by atoms with Gasteiger partial charge in [0.05, 0.1) is 5.30 Å². The number of hydrogen-bond donors (Lipinski definition) is 3. The second-order valence-electron chi connectivity index (χ2n) is 2.06. The quantitative estimate of drug-likeness (QED) is 0.339. The smallest absolute Gasteiger partial charge is 1.00 e. The van der Waals surface area contributed by atoms with Crippen LogP contribution in [0.25, 0.3) is 0 Å². The standard InChI is InChI=1S/C6H7O4P.Na.H/c7-5-1-3-6(4-2-5)11(8,9)10;;/h1-4,7H,(H2,8,9,10);;/q;+1;-1. The first-order valence-electron chi connectivity index (χ1n) is 2.85. The van der Waals surface area contributed by atoms with E-state index in [1.54, 1.807) is 0 Å². The van der Waals surface area contributed by atoms with Crippen molar-refractivity contribution in [1.29, 1.82) is 0 Å². The third kappa shape index (κ3) is 3.27. The third-order valence-corrected chi connectivity index (χ3v) is 2.16. The van der Waals surface area contributed by atoms with Crippen molar-refractivity contribution in [3.8, 4) is 5.75 Å². The minimum absolute atomic E-state index is 0. The van der Waals surface area contributed by atoms with Crippen LogP contribution in [0.1, 0.15) is 1.43 Å². The summed E-state index contributed by atoms with van der Waals surface area (Å²) in [6, 6.07) is 4.84. The predicted molar refractivity (Wildman–Crippen MR) is 40.9 cm³/mol. The van der Waals surface area contributed by atoms with Crippen LogP contribution in [0.15, 0.2) is 24.3 Å². The van der Waals surface area contributed by atoms with Gasteiger partial charge in [-0.15, -0.1) is 0 Å². The Morgan fingerprint density at radius 3 is 1.92 bits per heavy atom. The van der Waals surface area contributed by atoms with E-state index in [9.17, 15) is 4.57 Å². The number of benzene rings is 1. The molecule has 0 aliphatic carbocycles. The molecule has 62 valence electrons. The second kappa shape index (κ2) is 4.42. The summed E-state index contributed by atoms with van der Waals surface area (Å²) in [4.78, 5) is 17.2. The van der Waals surface area contributed by atoms with E-state index in [4.69, 9.17) is 14.9 Å². The number of phenols is 1. The Kier molecular flexibility index (Phi) is 4.48. The van der Waals surface area contributed by atoms with Gasteiger partial charge in [-0.25, -0.2) is 0 Å². The largest absolute Gasteiger partial charge is 1.00 e. The molecule has 0 aromatic heterocycles. The summed E-state index contributed by atoms with van der Waals surface area (Å²) >= 11 is 0. The molecule has 1 rings (SSSR count). The van der Waals surface area contributed by atoms with Gasteiger partial charge in [-0.3, -0.25) is 4.57 Å². The average Bonchev–Trinajstić information content (AvgIpc) is 1.86. The van der Waals surface area contributed by atoms with Crippen LogP contribution in [0.3, 0.4) is 0 Å². The summed E-state index contributed by atoms with van der Waals surface area (Å²) in [7, 11) is -4.15. The summed E-state index contributed by atoms with van der Waals surface area (Å²) in [5, 5.41) is 8.68. The van der Waals surface area contributed by atoms with E-state index < -0.39 is 7.60 Å². The Morgan fingerprint density at radius 1 is 1.17 bits per heavy atom. The first kappa shape index (κ1) is 12.2. The maximum atomic E-state index is 10.6. The zero-order valence-corrected chi connectivity index (χ0v) is 9.40. The number of phenolic OH excluding ortho intramolecular Hbond substituents is 1. The monoisotopic (exact) mass is 198 g/mol. The molecule has 0 heterocycles. The maximum absolute atomic E-state index is 10.6. The van der Waals surface area contributed by atoms with Gasteiger partial charge >= 0.3 is 37.2 Å². The SMILES string of the molecule is O=P(O)(O)c1ccc(O)cc1.[H-].[Na+]. The number of rotatable bonds is 1. The molecular weight excluding hydrogens is 190 g/mol. The molecule has 0 bridgehead atoms. The Labute approximate surface area is 93.2 Å². The van der Waals surface area contributed by atoms with Crippen LogP contribution in [0.5, 0.6) is 5.75 Å². The average molecular weight is 198 g/mol. The fourth-order valence-corrected chi connectivity index (χ4v) is 1.18. The van der Waals surface area contributed by atoms with Crippen LogP contribution in [-0.4, -0.2) is 14.9 Å². The Bertz CT molecular complexity index is 296. The number of hydrogen-bond acceptors (Lipinski definition) is 2. The molecular formula is C6H8NaO4P. The van der Waals surface area contributed by atoms with Gasteiger partial charge in [0.2, 0.25) is 0 Å². The Morgan fingerprint density at radius 2 is 1.58 bits per heavy atom. The Hall–Kier alpha value is 0.170. The van der Waals surface area contributed by atoms with E-state index in [1.165, 1.54) is 24.3 Å². The van der Waals surface area contributed by atoms with E-state index in [0.717, 1.165) is 0 Å². The molecule has 0 saturated heterocycles. The van der Waals surface area contributed by atoms with Crippen LogP contribution in [-0.2, 0) is 4.57 Å². The molecule has 0 saturated carbocycles. The molecule has 0 spiro atoms. The van der Waals surface area contributed by atoms with Crippen molar-refractivity contribution >= 4 is 12.9 Å². The van der Waals surface area contributed by atoms with Crippen molar-refractivity contribution in [1.82, 2.24) is 0 Å². The fraction of sp³-hybridized carbons (Fsp3) is 0.